The van der Waals surface area contributed by atoms with Crippen molar-refractivity contribution in [3.8, 4) is 0 Å². The Morgan fingerprint density at radius 3 is 2.72 bits per heavy atom. The molecule has 18 heavy (non-hydrogen) atoms. The Balaban J connectivity index is 2.32. The van der Waals surface area contributed by atoms with Crippen LogP contribution in [0.4, 0.5) is 13.2 Å². The molecule has 1 heterocycles. The fourth-order valence-corrected chi connectivity index (χ4v) is 1.98. The van der Waals surface area contributed by atoms with Gasteiger partial charge < -0.3 is 5.32 Å². The zero-order chi connectivity index (χ0) is 13.6. The lowest BCUT2D eigenvalue weighted by Crippen LogP contribution is -2.20. The third-order valence-electron chi connectivity index (χ3n) is 2.09. The van der Waals surface area contributed by atoms with E-state index in [2.05, 4.69) is 24.1 Å². The number of nitrogens with one attached hydrogen (secondary N) is 1. The van der Waals surface area contributed by atoms with Crippen LogP contribution in [0.15, 0.2) is 12.3 Å². The van der Waals surface area contributed by atoms with Gasteiger partial charge in [-0.15, -0.1) is 11.3 Å². The zero-order valence-electron chi connectivity index (χ0n) is 10.4. The van der Waals surface area contributed by atoms with Crippen molar-refractivity contribution in [2.75, 3.05) is 13.1 Å². The SMILES string of the molecule is CC(C)CNCC/C=C/c1cnc(C(F)(F)F)s1. The van der Waals surface area contributed by atoms with Crippen LogP contribution in [0.1, 0.15) is 30.2 Å². The van der Waals surface area contributed by atoms with E-state index in [4.69, 9.17) is 0 Å². The Labute approximate surface area is 109 Å². The van der Waals surface area contributed by atoms with Crippen LogP contribution in [0.3, 0.4) is 0 Å². The van der Waals surface area contributed by atoms with Gasteiger partial charge in [0.05, 0.1) is 0 Å². The summed E-state index contributed by atoms with van der Waals surface area (Å²) in [5.41, 5.74) is 0. The van der Waals surface area contributed by atoms with Crippen molar-refractivity contribution in [2.24, 2.45) is 5.92 Å². The molecule has 0 aliphatic carbocycles. The maximum Gasteiger partial charge on any atom is 0.443 e. The molecule has 0 saturated carbocycles. The lowest BCUT2D eigenvalue weighted by Gasteiger charge is -2.04. The molecule has 0 fully saturated rings. The Kier molecular flexibility index (Phi) is 5.81. The van der Waals surface area contributed by atoms with Crippen molar-refractivity contribution in [2.45, 2.75) is 26.4 Å². The van der Waals surface area contributed by atoms with E-state index in [-0.39, 0.29) is 0 Å². The molecule has 0 unspecified atom stereocenters. The molecular formula is C12H17F3N2S. The zero-order valence-corrected chi connectivity index (χ0v) is 11.2. The molecule has 0 bridgehead atoms. The van der Waals surface area contributed by atoms with E-state index in [0.29, 0.717) is 22.1 Å². The first kappa shape index (κ1) is 15.2. The fraction of sp³-hybridized carbons (Fsp3) is 0.583. The number of aromatic nitrogens is 1. The van der Waals surface area contributed by atoms with Crippen molar-refractivity contribution >= 4 is 17.4 Å². The summed E-state index contributed by atoms with van der Waals surface area (Å²) in [5.74, 6) is 0.602. The summed E-state index contributed by atoms with van der Waals surface area (Å²) in [5, 5.41) is 2.47. The van der Waals surface area contributed by atoms with Crippen molar-refractivity contribution in [3.63, 3.8) is 0 Å². The Morgan fingerprint density at radius 2 is 2.17 bits per heavy atom. The molecule has 0 saturated heterocycles. The summed E-state index contributed by atoms with van der Waals surface area (Å²) >= 11 is 0.665. The first-order valence-electron chi connectivity index (χ1n) is 5.80. The minimum Gasteiger partial charge on any atom is -0.316 e. The van der Waals surface area contributed by atoms with Crippen LogP contribution < -0.4 is 5.32 Å². The standard InChI is InChI=1S/C12H17F3N2S/c1-9(2)7-16-6-4-3-5-10-8-17-11(18-10)12(13,14)15/h3,5,8-9,16H,4,6-7H2,1-2H3/b5-3+. The van der Waals surface area contributed by atoms with Gasteiger partial charge >= 0.3 is 6.18 Å². The summed E-state index contributed by atoms with van der Waals surface area (Å²) in [4.78, 5) is 3.89. The average Bonchev–Trinajstić information content (AvgIpc) is 2.71. The molecule has 0 aliphatic rings. The van der Waals surface area contributed by atoms with Gasteiger partial charge in [-0.25, -0.2) is 4.98 Å². The van der Waals surface area contributed by atoms with Gasteiger partial charge in [-0.3, -0.25) is 0 Å². The minimum absolute atomic E-state index is 0.534. The minimum atomic E-state index is -4.34. The van der Waals surface area contributed by atoms with Crippen LogP contribution in [0, 0.1) is 5.92 Å². The summed E-state index contributed by atoms with van der Waals surface area (Å²) in [7, 11) is 0. The van der Waals surface area contributed by atoms with Crippen LogP contribution in [0.2, 0.25) is 0 Å². The lowest BCUT2D eigenvalue weighted by atomic mass is 10.2. The molecule has 0 aliphatic heterocycles. The van der Waals surface area contributed by atoms with Gasteiger partial charge in [0.15, 0.2) is 5.01 Å². The smallest absolute Gasteiger partial charge is 0.316 e. The predicted molar refractivity (Wildman–Crippen MR) is 68.5 cm³/mol. The first-order chi connectivity index (χ1) is 8.39. The van der Waals surface area contributed by atoms with Crippen molar-refractivity contribution < 1.29 is 13.2 Å². The highest BCUT2D eigenvalue weighted by Crippen LogP contribution is 2.32. The van der Waals surface area contributed by atoms with Gasteiger partial charge in [-0.05, 0) is 31.5 Å². The number of hydrogen-bond acceptors (Lipinski definition) is 3. The van der Waals surface area contributed by atoms with Gasteiger partial charge in [0, 0.05) is 11.1 Å². The molecular weight excluding hydrogens is 261 g/mol. The highest BCUT2D eigenvalue weighted by molar-refractivity contribution is 7.12. The molecule has 0 radical (unpaired) electrons. The Bertz CT molecular complexity index is 383. The Hall–Kier alpha value is -0.880. The number of nitrogens with zero attached hydrogens (tertiary/aromatic N) is 1. The van der Waals surface area contributed by atoms with Crippen molar-refractivity contribution in [1.82, 2.24) is 10.3 Å². The number of rotatable bonds is 6. The van der Waals surface area contributed by atoms with Gasteiger partial charge in [-0.1, -0.05) is 19.9 Å². The third-order valence-corrected chi connectivity index (χ3v) is 3.10. The number of halogens is 3. The second kappa shape index (κ2) is 6.89. The van der Waals surface area contributed by atoms with Crippen LogP contribution in [0.5, 0.6) is 0 Å². The maximum absolute atomic E-state index is 12.3. The number of thiazole rings is 1. The second-order valence-electron chi connectivity index (χ2n) is 4.35. The molecule has 2 nitrogen and oxygen atoms in total. The molecule has 1 aromatic heterocycles. The number of hydrogen-bond donors (Lipinski definition) is 1. The van der Waals surface area contributed by atoms with Gasteiger partial charge in [-0.2, -0.15) is 13.2 Å². The summed E-state index contributed by atoms with van der Waals surface area (Å²) in [6.07, 6.45) is 1.26. The molecule has 1 N–H and O–H groups in total. The summed E-state index contributed by atoms with van der Waals surface area (Å²) < 4.78 is 36.8. The topological polar surface area (TPSA) is 24.9 Å². The van der Waals surface area contributed by atoms with Crippen molar-refractivity contribution in [1.29, 1.82) is 0 Å². The molecule has 0 amide bonds. The fourth-order valence-electron chi connectivity index (χ4n) is 1.27. The molecule has 1 rings (SSSR count). The highest BCUT2D eigenvalue weighted by atomic mass is 32.1. The van der Waals surface area contributed by atoms with E-state index in [0.717, 1.165) is 19.5 Å². The van der Waals surface area contributed by atoms with Crippen LogP contribution in [-0.4, -0.2) is 18.1 Å². The van der Waals surface area contributed by atoms with E-state index in [1.807, 2.05) is 6.08 Å². The van der Waals surface area contributed by atoms with E-state index in [9.17, 15) is 13.2 Å². The second-order valence-corrected chi connectivity index (χ2v) is 5.42. The van der Waals surface area contributed by atoms with E-state index in [1.54, 1.807) is 6.08 Å². The largest absolute Gasteiger partial charge is 0.443 e. The first-order valence-corrected chi connectivity index (χ1v) is 6.61. The molecule has 0 atom stereocenters. The average molecular weight is 278 g/mol. The predicted octanol–water partition coefficient (Wildman–Crippen LogP) is 3.81. The van der Waals surface area contributed by atoms with Gasteiger partial charge in [0.25, 0.3) is 0 Å². The van der Waals surface area contributed by atoms with E-state index < -0.39 is 11.2 Å². The lowest BCUT2D eigenvalue weighted by molar-refractivity contribution is -0.137. The quantitative estimate of drug-likeness (QED) is 0.800. The third kappa shape index (κ3) is 5.64. The summed E-state index contributed by atoms with van der Waals surface area (Å²) in [6.45, 7) is 6.03. The Morgan fingerprint density at radius 1 is 1.44 bits per heavy atom. The molecule has 0 aromatic carbocycles. The van der Waals surface area contributed by atoms with E-state index >= 15 is 0 Å². The molecule has 6 heteroatoms. The number of alkyl halides is 3. The summed E-state index contributed by atoms with van der Waals surface area (Å²) in [6, 6.07) is 0. The van der Waals surface area contributed by atoms with E-state index in [1.165, 1.54) is 6.20 Å². The monoisotopic (exact) mass is 278 g/mol. The maximum atomic E-state index is 12.3. The molecule has 0 spiro atoms. The normalized spacial score (nSPS) is 12.8. The van der Waals surface area contributed by atoms with Crippen LogP contribution in [-0.2, 0) is 6.18 Å². The van der Waals surface area contributed by atoms with Crippen LogP contribution >= 0.6 is 11.3 Å². The highest BCUT2D eigenvalue weighted by Gasteiger charge is 2.34. The van der Waals surface area contributed by atoms with Gasteiger partial charge in [0.2, 0.25) is 0 Å². The van der Waals surface area contributed by atoms with Crippen molar-refractivity contribution in [3.05, 3.63) is 22.2 Å². The molecule has 102 valence electrons. The van der Waals surface area contributed by atoms with Gasteiger partial charge in [0.1, 0.15) is 0 Å². The molecule has 1 aromatic rings. The van der Waals surface area contributed by atoms with Crippen LogP contribution in [0.25, 0.3) is 6.08 Å².